The van der Waals surface area contributed by atoms with Crippen molar-refractivity contribution in [1.29, 1.82) is 0 Å². The number of rotatable bonds is 7. The quantitative estimate of drug-likeness (QED) is 0.219. The molecule has 1 aliphatic heterocycles. The number of amides is 1. The zero-order chi connectivity index (χ0) is 24.6. The Morgan fingerprint density at radius 2 is 2.00 bits per heavy atom. The summed E-state index contributed by atoms with van der Waals surface area (Å²) in [7, 11) is -4.76. The molecule has 4 rings (SSSR count). The van der Waals surface area contributed by atoms with Crippen LogP contribution in [0.25, 0.3) is 11.2 Å². The molecule has 3 aromatic rings. The summed E-state index contributed by atoms with van der Waals surface area (Å²) in [6.45, 7) is -0.794. The van der Waals surface area contributed by atoms with Crippen LogP contribution in [-0.2, 0) is 19.2 Å². The minimum Gasteiger partial charge on any atom is -0.387 e. The topological polar surface area (TPSA) is 235 Å². The number of hydrogen-bond donors (Lipinski definition) is 4. The molecule has 1 aromatic carbocycles. The van der Waals surface area contributed by atoms with E-state index in [2.05, 4.69) is 15.0 Å². The van der Waals surface area contributed by atoms with E-state index in [1.807, 2.05) is 0 Å². The molecule has 0 bridgehead atoms. The van der Waals surface area contributed by atoms with Crippen LogP contribution in [-0.4, -0.2) is 73.9 Å². The number of aromatic nitrogens is 4. The second-order valence-electron chi connectivity index (χ2n) is 7.07. The van der Waals surface area contributed by atoms with Gasteiger partial charge in [0.2, 0.25) is 0 Å². The lowest BCUT2D eigenvalue weighted by atomic mass is 10.1. The Kier molecular flexibility index (Phi) is 6.11. The number of hydrogen-bond acceptors (Lipinski definition) is 13. The minimum absolute atomic E-state index is 0.0807. The first kappa shape index (κ1) is 23.4. The van der Waals surface area contributed by atoms with E-state index in [0.29, 0.717) is 0 Å². The van der Waals surface area contributed by atoms with Gasteiger partial charge in [0.25, 0.3) is 11.6 Å². The van der Waals surface area contributed by atoms with E-state index in [4.69, 9.17) is 14.7 Å². The van der Waals surface area contributed by atoms with E-state index < -0.39 is 63.5 Å². The molecule has 180 valence electrons. The van der Waals surface area contributed by atoms with Crippen LogP contribution >= 0.6 is 0 Å². The minimum atomic E-state index is -4.76. The van der Waals surface area contributed by atoms with Gasteiger partial charge in [-0.25, -0.2) is 19.7 Å². The van der Waals surface area contributed by atoms with E-state index in [1.54, 1.807) is 4.72 Å². The van der Waals surface area contributed by atoms with Crippen molar-refractivity contribution in [2.45, 2.75) is 24.5 Å². The highest BCUT2D eigenvalue weighted by atomic mass is 32.2. The molecular formula is C17H17N7O9S. The Morgan fingerprint density at radius 3 is 2.74 bits per heavy atom. The monoisotopic (exact) mass is 495 g/mol. The summed E-state index contributed by atoms with van der Waals surface area (Å²) in [5.41, 5.74) is 5.05. The fourth-order valence-electron chi connectivity index (χ4n) is 3.33. The molecule has 0 aliphatic carbocycles. The van der Waals surface area contributed by atoms with Crippen LogP contribution < -0.4 is 10.5 Å². The van der Waals surface area contributed by atoms with Crippen molar-refractivity contribution in [3.8, 4) is 0 Å². The Hall–Kier alpha value is -3.77. The molecule has 3 heterocycles. The number of ether oxygens (including phenoxy) is 1. The van der Waals surface area contributed by atoms with Crippen LogP contribution in [0.2, 0.25) is 0 Å². The normalized spacial score (nSPS) is 22.6. The van der Waals surface area contributed by atoms with Gasteiger partial charge in [-0.15, -0.1) is 0 Å². The average molecular weight is 495 g/mol. The number of aliphatic hydroxyl groups is 2. The first-order valence-electron chi connectivity index (χ1n) is 9.48. The number of anilines is 1. The van der Waals surface area contributed by atoms with Crippen LogP contribution in [0.4, 0.5) is 11.5 Å². The Balaban J connectivity index is 1.44. The molecule has 0 saturated carbocycles. The van der Waals surface area contributed by atoms with Crippen LogP contribution in [0.15, 0.2) is 36.9 Å². The third kappa shape index (κ3) is 4.37. The first-order chi connectivity index (χ1) is 16.1. The molecule has 1 saturated heterocycles. The summed E-state index contributed by atoms with van der Waals surface area (Å²) in [5, 5.41) is 31.7. The molecule has 1 aliphatic rings. The summed E-state index contributed by atoms with van der Waals surface area (Å²) in [4.78, 5) is 34.3. The Bertz CT molecular complexity index is 1360. The summed E-state index contributed by atoms with van der Waals surface area (Å²) < 4.78 is 37.5. The highest BCUT2D eigenvalue weighted by Crippen LogP contribution is 2.32. The van der Waals surface area contributed by atoms with Crippen LogP contribution in [0.3, 0.4) is 0 Å². The van der Waals surface area contributed by atoms with Crippen molar-refractivity contribution in [3.05, 3.63) is 52.6 Å². The first-order valence-corrected chi connectivity index (χ1v) is 10.9. The summed E-state index contributed by atoms with van der Waals surface area (Å²) >= 11 is 0. The summed E-state index contributed by atoms with van der Waals surface area (Å²) in [5.74, 6) is -1.21. The Labute approximate surface area is 190 Å². The van der Waals surface area contributed by atoms with Gasteiger partial charge in [-0.1, -0.05) is 12.1 Å². The maximum Gasteiger partial charge on any atom is 0.362 e. The summed E-state index contributed by atoms with van der Waals surface area (Å²) in [6.07, 6.45) is -3.24. The van der Waals surface area contributed by atoms with Gasteiger partial charge in [-0.3, -0.25) is 23.7 Å². The van der Waals surface area contributed by atoms with Gasteiger partial charge in [0.1, 0.15) is 35.7 Å². The number of imidazole rings is 1. The second-order valence-corrected chi connectivity index (χ2v) is 8.42. The summed E-state index contributed by atoms with van der Waals surface area (Å²) in [6, 6.07) is 4.73. The van der Waals surface area contributed by atoms with E-state index in [9.17, 15) is 33.5 Å². The van der Waals surface area contributed by atoms with Crippen molar-refractivity contribution in [1.82, 2.24) is 24.2 Å². The molecule has 5 N–H and O–H groups in total. The van der Waals surface area contributed by atoms with Crippen molar-refractivity contribution < 1.29 is 37.3 Å². The molecule has 4 atom stereocenters. The highest BCUT2D eigenvalue weighted by molar-refractivity contribution is 7.85. The van der Waals surface area contributed by atoms with Gasteiger partial charge < -0.3 is 20.7 Å². The van der Waals surface area contributed by atoms with Gasteiger partial charge in [-0.05, 0) is 6.07 Å². The Morgan fingerprint density at radius 1 is 1.26 bits per heavy atom. The predicted molar refractivity (Wildman–Crippen MR) is 111 cm³/mol. The number of nitro groups is 1. The van der Waals surface area contributed by atoms with Crippen LogP contribution in [0.5, 0.6) is 0 Å². The van der Waals surface area contributed by atoms with Gasteiger partial charge >= 0.3 is 10.3 Å². The zero-order valence-corrected chi connectivity index (χ0v) is 17.8. The molecule has 2 unspecified atom stereocenters. The number of carbonyl (C=O) groups excluding carboxylic acids is 1. The number of benzene rings is 1. The number of para-hydroxylation sites is 1. The molecule has 0 spiro atoms. The number of aliphatic hydroxyl groups excluding tert-OH is 2. The fourth-order valence-corrected chi connectivity index (χ4v) is 4.04. The molecule has 0 radical (unpaired) electrons. The van der Waals surface area contributed by atoms with E-state index in [0.717, 1.165) is 12.1 Å². The van der Waals surface area contributed by atoms with E-state index >= 15 is 0 Å². The van der Waals surface area contributed by atoms with Crippen LogP contribution in [0, 0.1) is 10.1 Å². The van der Waals surface area contributed by atoms with Crippen LogP contribution in [0.1, 0.15) is 16.6 Å². The standard InChI is InChI=1S/C17H17N7O9S/c18-14-11-15(20-6-19-14)23(7-21-11)17-13(26)12(25)10(33-17)5-32-34(30,31)22-16(27)8-3-1-2-4-9(8)24(28)29/h1-4,6-7,10,12-13,17,25-26H,5H2,(H,22,27)(H2,18,19,20)/t10?,12-,13-,17?/m1/s1. The smallest absolute Gasteiger partial charge is 0.362 e. The highest BCUT2D eigenvalue weighted by Gasteiger charge is 2.45. The van der Waals surface area contributed by atoms with Crippen molar-refractivity contribution in [2.75, 3.05) is 12.3 Å². The van der Waals surface area contributed by atoms with E-state index in [1.165, 1.54) is 29.4 Å². The lowest BCUT2D eigenvalue weighted by Crippen LogP contribution is -2.38. The maximum absolute atomic E-state index is 12.2. The number of nitrogens with zero attached hydrogens (tertiary/aromatic N) is 5. The van der Waals surface area contributed by atoms with Crippen molar-refractivity contribution in [3.63, 3.8) is 0 Å². The number of nitro benzene ring substituents is 1. The maximum atomic E-state index is 12.2. The van der Waals surface area contributed by atoms with Gasteiger partial charge in [0, 0.05) is 6.07 Å². The zero-order valence-electron chi connectivity index (χ0n) is 17.0. The third-order valence-electron chi connectivity index (χ3n) is 4.95. The SMILES string of the molecule is Nc1ncnc2c1ncn2C1OC(COS(=O)(=O)NC(=O)c2ccccc2[N+](=O)[O-])[C@@H](O)[C@H]1O. The molecule has 1 amide bonds. The average Bonchev–Trinajstić information content (AvgIpc) is 3.34. The molecule has 2 aromatic heterocycles. The van der Waals surface area contributed by atoms with Crippen molar-refractivity contribution >= 4 is 38.9 Å². The van der Waals surface area contributed by atoms with E-state index in [-0.39, 0.29) is 17.0 Å². The number of nitrogens with one attached hydrogen (secondary N) is 1. The molecule has 1 fully saturated rings. The lowest BCUT2D eigenvalue weighted by molar-refractivity contribution is -0.385. The molecule has 17 heteroatoms. The van der Waals surface area contributed by atoms with Gasteiger partial charge in [-0.2, -0.15) is 8.42 Å². The number of carbonyl (C=O) groups is 1. The van der Waals surface area contributed by atoms with Gasteiger partial charge in [0.15, 0.2) is 17.7 Å². The molecular weight excluding hydrogens is 478 g/mol. The third-order valence-corrected chi connectivity index (χ3v) is 5.83. The van der Waals surface area contributed by atoms with Crippen molar-refractivity contribution in [2.24, 2.45) is 0 Å². The number of nitrogen functional groups attached to an aromatic ring is 1. The van der Waals surface area contributed by atoms with Gasteiger partial charge in [0.05, 0.1) is 17.9 Å². The molecule has 34 heavy (non-hydrogen) atoms. The number of fused-ring (bicyclic) bond motifs is 1. The predicted octanol–water partition coefficient (Wildman–Crippen LogP) is -1.37. The molecule has 16 nitrogen and oxygen atoms in total. The second kappa shape index (κ2) is 8.88. The lowest BCUT2D eigenvalue weighted by Gasteiger charge is -2.16. The fraction of sp³-hybridized carbons (Fsp3) is 0.294. The number of nitrogens with two attached hydrogens (primary N) is 1. The largest absolute Gasteiger partial charge is 0.387 e.